The van der Waals surface area contributed by atoms with Gasteiger partial charge in [0.25, 0.3) is 0 Å². The number of hydrogen-bond acceptors (Lipinski definition) is 4. The van der Waals surface area contributed by atoms with E-state index in [-0.39, 0.29) is 12.0 Å². The molecule has 0 radical (unpaired) electrons. The maximum atomic E-state index is 9.50. The van der Waals surface area contributed by atoms with E-state index in [0.29, 0.717) is 6.04 Å². The zero-order chi connectivity index (χ0) is 17.9. The lowest BCUT2D eigenvalue weighted by molar-refractivity contribution is 0.0341. The van der Waals surface area contributed by atoms with Crippen molar-refractivity contribution in [1.82, 2.24) is 14.8 Å². The van der Waals surface area contributed by atoms with Crippen molar-refractivity contribution in [3.8, 4) is 0 Å². The Labute approximate surface area is 151 Å². The molecule has 2 aromatic rings. The van der Waals surface area contributed by atoms with Crippen LogP contribution in [0.15, 0.2) is 36.5 Å². The third kappa shape index (κ3) is 4.78. The molecule has 1 aromatic heterocycles. The molecule has 0 amide bonds. The lowest BCUT2D eigenvalue weighted by Crippen LogP contribution is -2.54. The molecule has 1 aromatic carbocycles. The highest BCUT2D eigenvalue weighted by Gasteiger charge is 2.29. The van der Waals surface area contributed by atoms with Gasteiger partial charge in [-0.2, -0.15) is 0 Å². The Morgan fingerprint density at radius 3 is 2.72 bits per heavy atom. The molecule has 1 aliphatic rings. The number of benzene rings is 1. The Kier molecular flexibility index (Phi) is 5.72. The van der Waals surface area contributed by atoms with Crippen LogP contribution in [0.2, 0.25) is 0 Å². The number of rotatable bonds is 5. The number of piperazine rings is 1. The molecule has 3 rings (SSSR count). The third-order valence-corrected chi connectivity index (χ3v) is 4.94. The van der Waals surface area contributed by atoms with Crippen LogP contribution < -0.4 is 0 Å². The third-order valence-electron chi connectivity index (χ3n) is 4.94. The van der Waals surface area contributed by atoms with Gasteiger partial charge in [0, 0.05) is 57.0 Å². The topological polar surface area (TPSA) is 39.6 Å². The standard InChI is InChI=1S/C21H31N3O/c1-21(2,3)16-24-12-11-23(15-19(24)9-13-25)14-18-7-4-6-17-8-5-10-22-20(17)18/h4-8,10,19,25H,9,11-16H2,1-3H3/t19-/m1/s1. The van der Waals surface area contributed by atoms with Crippen molar-refractivity contribution in [2.24, 2.45) is 5.41 Å². The monoisotopic (exact) mass is 341 g/mol. The fourth-order valence-electron chi connectivity index (χ4n) is 3.88. The first kappa shape index (κ1) is 18.3. The molecule has 1 saturated heterocycles. The minimum Gasteiger partial charge on any atom is -0.396 e. The van der Waals surface area contributed by atoms with Gasteiger partial charge >= 0.3 is 0 Å². The fourth-order valence-corrected chi connectivity index (χ4v) is 3.88. The van der Waals surface area contributed by atoms with Crippen LogP contribution in [0.1, 0.15) is 32.8 Å². The van der Waals surface area contributed by atoms with Crippen molar-refractivity contribution in [1.29, 1.82) is 0 Å². The van der Waals surface area contributed by atoms with Gasteiger partial charge in [-0.25, -0.2) is 0 Å². The first-order valence-corrected chi connectivity index (χ1v) is 9.36. The summed E-state index contributed by atoms with van der Waals surface area (Å²) in [5, 5.41) is 10.7. The zero-order valence-corrected chi connectivity index (χ0v) is 15.8. The number of para-hydroxylation sites is 1. The smallest absolute Gasteiger partial charge is 0.0746 e. The summed E-state index contributed by atoms with van der Waals surface area (Å²) in [5.41, 5.74) is 2.70. The molecule has 1 fully saturated rings. The summed E-state index contributed by atoms with van der Waals surface area (Å²) in [6.07, 6.45) is 2.72. The molecule has 1 aliphatic heterocycles. The summed E-state index contributed by atoms with van der Waals surface area (Å²) in [5.74, 6) is 0. The van der Waals surface area contributed by atoms with Crippen LogP contribution >= 0.6 is 0 Å². The van der Waals surface area contributed by atoms with Crippen molar-refractivity contribution >= 4 is 10.9 Å². The highest BCUT2D eigenvalue weighted by molar-refractivity contribution is 5.81. The van der Waals surface area contributed by atoms with Gasteiger partial charge in [-0.3, -0.25) is 14.8 Å². The quantitative estimate of drug-likeness (QED) is 0.907. The van der Waals surface area contributed by atoms with E-state index >= 15 is 0 Å². The minimum atomic E-state index is 0.259. The molecule has 1 N–H and O–H groups in total. The summed E-state index contributed by atoms with van der Waals surface area (Å²) in [4.78, 5) is 9.67. The predicted molar refractivity (Wildman–Crippen MR) is 104 cm³/mol. The second kappa shape index (κ2) is 7.81. The van der Waals surface area contributed by atoms with Crippen molar-refractivity contribution < 1.29 is 5.11 Å². The molecular weight excluding hydrogens is 310 g/mol. The second-order valence-electron chi connectivity index (χ2n) is 8.42. The van der Waals surface area contributed by atoms with Crippen LogP contribution in [0, 0.1) is 5.41 Å². The van der Waals surface area contributed by atoms with E-state index in [2.05, 4.69) is 59.8 Å². The molecule has 4 nitrogen and oxygen atoms in total. The first-order valence-electron chi connectivity index (χ1n) is 9.36. The van der Waals surface area contributed by atoms with Crippen molar-refractivity contribution in [2.75, 3.05) is 32.8 Å². The van der Waals surface area contributed by atoms with Crippen LogP contribution in [-0.2, 0) is 6.54 Å². The van der Waals surface area contributed by atoms with Gasteiger partial charge < -0.3 is 5.11 Å². The molecule has 0 spiro atoms. The number of aliphatic hydroxyl groups is 1. The number of pyridine rings is 1. The highest BCUT2D eigenvalue weighted by atomic mass is 16.3. The summed E-state index contributed by atoms with van der Waals surface area (Å²) in [6.45, 7) is 12.3. The van der Waals surface area contributed by atoms with Crippen molar-refractivity contribution in [2.45, 2.75) is 39.8 Å². The predicted octanol–water partition coefficient (Wildman–Crippen LogP) is 3.15. The molecule has 1 atom stereocenters. The normalized spacial score (nSPS) is 20.2. The number of nitrogens with zero attached hydrogens (tertiary/aromatic N) is 3. The van der Waals surface area contributed by atoms with Crippen molar-refractivity contribution in [3.05, 3.63) is 42.1 Å². The van der Waals surface area contributed by atoms with Gasteiger partial charge in [0.15, 0.2) is 0 Å². The largest absolute Gasteiger partial charge is 0.396 e. The second-order valence-corrected chi connectivity index (χ2v) is 8.42. The number of hydrogen-bond donors (Lipinski definition) is 1. The molecule has 0 saturated carbocycles. The Bertz CT molecular complexity index is 690. The minimum absolute atomic E-state index is 0.259. The van der Waals surface area contributed by atoms with E-state index in [0.717, 1.165) is 44.7 Å². The number of aromatic nitrogens is 1. The van der Waals surface area contributed by atoms with E-state index < -0.39 is 0 Å². The van der Waals surface area contributed by atoms with Crippen LogP contribution in [0.3, 0.4) is 0 Å². The van der Waals surface area contributed by atoms with E-state index in [1.54, 1.807) is 0 Å². The molecule has 2 heterocycles. The van der Waals surface area contributed by atoms with Gasteiger partial charge in [-0.05, 0) is 23.5 Å². The zero-order valence-electron chi connectivity index (χ0n) is 15.8. The van der Waals surface area contributed by atoms with Crippen LogP contribution in [0.5, 0.6) is 0 Å². The summed E-state index contributed by atoms with van der Waals surface area (Å²) >= 11 is 0. The number of fused-ring (bicyclic) bond motifs is 1. The Balaban J connectivity index is 1.71. The van der Waals surface area contributed by atoms with Crippen molar-refractivity contribution in [3.63, 3.8) is 0 Å². The van der Waals surface area contributed by atoms with Gasteiger partial charge in [-0.1, -0.05) is 45.0 Å². The molecular formula is C21H31N3O. The SMILES string of the molecule is CC(C)(C)CN1CCN(Cc2cccc3cccnc23)C[C@H]1CCO. The lowest BCUT2D eigenvalue weighted by Gasteiger charge is -2.44. The van der Waals surface area contributed by atoms with Gasteiger partial charge in [0.2, 0.25) is 0 Å². The highest BCUT2D eigenvalue weighted by Crippen LogP contribution is 2.23. The summed E-state index contributed by atoms with van der Waals surface area (Å²) in [6, 6.07) is 11.0. The maximum absolute atomic E-state index is 9.50. The van der Waals surface area contributed by atoms with Crippen LogP contribution in [0.25, 0.3) is 10.9 Å². The Morgan fingerprint density at radius 2 is 1.96 bits per heavy atom. The molecule has 0 bridgehead atoms. The maximum Gasteiger partial charge on any atom is 0.0746 e. The average molecular weight is 341 g/mol. The number of aliphatic hydroxyl groups excluding tert-OH is 1. The van der Waals surface area contributed by atoms with Crippen LogP contribution in [-0.4, -0.2) is 58.7 Å². The lowest BCUT2D eigenvalue weighted by atomic mass is 9.94. The molecule has 25 heavy (non-hydrogen) atoms. The van der Waals surface area contributed by atoms with Gasteiger partial charge in [0.05, 0.1) is 5.52 Å². The van der Waals surface area contributed by atoms with Gasteiger partial charge in [0.1, 0.15) is 0 Å². The Morgan fingerprint density at radius 1 is 1.16 bits per heavy atom. The molecule has 4 heteroatoms. The average Bonchev–Trinajstić information content (AvgIpc) is 2.57. The van der Waals surface area contributed by atoms with E-state index in [1.165, 1.54) is 10.9 Å². The summed E-state index contributed by atoms with van der Waals surface area (Å²) in [7, 11) is 0. The van der Waals surface area contributed by atoms with E-state index in [9.17, 15) is 5.11 Å². The van der Waals surface area contributed by atoms with E-state index in [1.807, 2.05) is 12.3 Å². The molecule has 0 aliphatic carbocycles. The van der Waals surface area contributed by atoms with E-state index in [4.69, 9.17) is 0 Å². The molecule has 0 unspecified atom stereocenters. The van der Waals surface area contributed by atoms with Crippen LogP contribution in [0.4, 0.5) is 0 Å². The molecule has 136 valence electrons. The fraction of sp³-hybridized carbons (Fsp3) is 0.571. The first-order chi connectivity index (χ1) is 12.0. The van der Waals surface area contributed by atoms with Gasteiger partial charge in [-0.15, -0.1) is 0 Å². The summed E-state index contributed by atoms with van der Waals surface area (Å²) < 4.78 is 0. The Hall–Kier alpha value is -1.49.